The fourth-order valence-corrected chi connectivity index (χ4v) is 4.49. The van der Waals surface area contributed by atoms with E-state index in [1.165, 1.54) is 6.92 Å². The highest BCUT2D eigenvalue weighted by Crippen LogP contribution is 2.28. The van der Waals surface area contributed by atoms with Gasteiger partial charge in [0.05, 0.1) is 19.8 Å². The first kappa shape index (κ1) is 29.0. The molecule has 0 aliphatic carbocycles. The van der Waals surface area contributed by atoms with Crippen molar-refractivity contribution in [3.8, 4) is 11.5 Å². The molecule has 0 radical (unpaired) electrons. The molecule has 40 heavy (non-hydrogen) atoms. The number of hydrogen-bond donors (Lipinski definition) is 1. The Morgan fingerprint density at radius 2 is 1.80 bits per heavy atom. The van der Waals surface area contributed by atoms with Crippen molar-refractivity contribution in [3.05, 3.63) is 75.2 Å². The second kappa shape index (κ2) is 13.4. The quantitative estimate of drug-likeness (QED) is 0.126. The van der Waals surface area contributed by atoms with Gasteiger partial charge in [0.2, 0.25) is 0 Å². The van der Waals surface area contributed by atoms with Crippen LogP contribution >= 0.6 is 0 Å². The Kier molecular flexibility index (Phi) is 9.74. The van der Waals surface area contributed by atoms with Gasteiger partial charge in [0.15, 0.2) is 0 Å². The molecule has 1 N–H and O–H groups in total. The van der Waals surface area contributed by atoms with E-state index in [-0.39, 0.29) is 5.69 Å². The molecule has 0 bridgehead atoms. The summed E-state index contributed by atoms with van der Waals surface area (Å²) >= 11 is 0. The van der Waals surface area contributed by atoms with Crippen LogP contribution in [0.1, 0.15) is 48.7 Å². The molecule has 2 aromatic carbocycles. The van der Waals surface area contributed by atoms with Gasteiger partial charge in [-0.25, -0.2) is 4.79 Å². The van der Waals surface area contributed by atoms with Gasteiger partial charge in [0.1, 0.15) is 22.8 Å². The Hall–Kier alpha value is -3.95. The third-order valence-electron chi connectivity index (χ3n) is 6.64. The Morgan fingerprint density at radius 1 is 1.05 bits per heavy atom. The topological polar surface area (TPSA) is 107 Å². The average Bonchev–Trinajstić information content (AvgIpc) is 2.92. The normalized spacial score (nSPS) is 13.6. The van der Waals surface area contributed by atoms with Crippen molar-refractivity contribution in [3.63, 3.8) is 0 Å². The minimum absolute atomic E-state index is 0.0333. The Morgan fingerprint density at radius 3 is 2.52 bits per heavy atom. The van der Waals surface area contributed by atoms with Crippen molar-refractivity contribution in [2.75, 3.05) is 44.8 Å². The summed E-state index contributed by atoms with van der Waals surface area (Å²) in [7, 11) is 0. The van der Waals surface area contributed by atoms with Crippen molar-refractivity contribution in [1.82, 2.24) is 4.90 Å². The number of carbonyl (C=O) groups is 2. The van der Waals surface area contributed by atoms with Crippen LogP contribution in [0.25, 0.3) is 11.0 Å². The number of esters is 1. The maximum Gasteiger partial charge on any atom is 0.360 e. The molecule has 0 saturated carbocycles. The fourth-order valence-electron chi connectivity index (χ4n) is 4.49. The van der Waals surface area contributed by atoms with Crippen LogP contribution in [-0.4, -0.2) is 56.2 Å². The minimum atomic E-state index is -0.658. The second-order valence-corrected chi connectivity index (χ2v) is 10.1. The van der Waals surface area contributed by atoms with Crippen LogP contribution in [0.3, 0.4) is 0 Å². The van der Waals surface area contributed by atoms with E-state index in [0.717, 1.165) is 50.4 Å². The molecule has 9 heteroatoms. The zero-order valence-corrected chi connectivity index (χ0v) is 23.5. The van der Waals surface area contributed by atoms with Gasteiger partial charge in [0.25, 0.3) is 5.91 Å². The molecule has 4 rings (SSSR count). The predicted molar refractivity (Wildman–Crippen MR) is 153 cm³/mol. The van der Waals surface area contributed by atoms with Gasteiger partial charge >= 0.3 is 11.6 Å². The van der Waals surface area contributed by atoms with E-state index in [9.17, 15) is 14.4 Å². The van der Waals surface area contributed by atoms with E-state index in [2.05, 4.69) is 10.2 Å². The molecule has 1 amide bonds. The van der Waals surface area contributed by atoms with E-state index in [4.69, 9.17) is 18.6 Å². The van der Waals surface area contributed by atoms with Gasteiger partial charge in [-0.05, 0) is 75.6 Å². The molecule has 1 aliphatic heterocycles. The van der Waals surface area contributed by atoms with Crippen LogP contribution in [0.5, 0.6) is 11.5 Å². The number of benzene rings is 2. The van der Waals surface area contributed by atoms with Crippen LogP contribution in [0.4, 0.5) is 5.69 Å². The van der Waals surface area contributed by atoms with E-state index in [1.807, 2.05) is 39.0 Å². The van der Waals surface area contributed by atoms with Crippen LogP contribution < -0.4 is 20.4 Å². The molecule has 1 fully saturated rings. The van der Waals surface area contributed by atoms with E-state index in [0.29, 0.717) is 46.6 Å². The molecular weight excluding hydrogens is 512 g/mol. The highest BCUT2D eigenvalue weighted by Gasteiger charge is 2.16. The van der Waals surface area contributed by atoms with Crippen LogP contribution in [-0.2, 0) is 16.0 Å². The summed E-state index contributed by atoms with van der Waals surface area (Å²) in [5.41, 5.74) is 2.62. The molecule has 212 valence electrons. The number of anilines is 1. The molecule has 1 saturated heterocycles. The highest BCUT2D eigenvalue weighted by atomic mass is 16.5. The standard InChI is InChI=1S/C31H36N2O7/c1-20(2)6-7-23-18-25(9-11-28(23)39-22(4)34)30(35)32-26-19-24-8-10-27(21(3)29(24)40-31(26)36)38-15-5-12-33-13-16-37-17-14-33/h6,8-11,18-19H,5,7,12-17H2,1-4H3,(H,32,35). The van der Waals surface area contributed by atoms with E-state index in [1.54, 1.807) is 24.3 Å². The zero-order chi connectivity index (χ0) is 28.6. The summed E-state index contributed by atoms with van der Waals surface area (Å²) in [5, 5.41) is 3.33. The maximum atomic E-state index is 13.1. The van der Waals surface area contributed by atoms with Crippen molar-refractivity contribution < 1.29 is 28.2 Å². The first-order valence-corrected chi connectivity index (χ1v) is 13.5. The largest absolute Gasteiger partial charge is 0.493 e. The zero-order valence-electron chi connectivity index (χ0n) is 23.5. The van der Waals surface area contributed by atoms with E-state index < -0.39 is 17.5 Å². The van der Waals surface area contributed by atoms with Crippen molar-refractivity contribution in [1.29, 1.82) is 0 Å². The number of allylic oxidation sites excluding steroid dienone is 2. The lowest BCUT2D eigenvalue weighted by atomic mass is 10.0. The van der Waals surface area contributed by atoms with Crippen molar-refractivity contribution in [2.24, 2.45) is 0 Å². The Labute approximate surface area is 233 Å². The monoisotopic (exact) mass is 548 g/mol. The summed E-state index contributed by atoms with van der Waals surface area (Å²) in [6.45, 7) is 12.0. The summed E-state index contributed by atoms with van der Waals surface area (Å²) in [6.07, 6.45) is 3.35. The number of nitrogens with one attached hydrogen (secondary N) is 1. The number of morpholine rings is 1. The number of hydrogen-bond acceptors (Lipinski definition) is 8. The van der Waals surface area contributed by atoms with Crippen LogP contribution in [0.15, 0.2) is 57.3 Å². The van der Waals surface area contributed by atoms with Gasteiger partial charge in [-0.3, -0.25) is 14.5 Å². The van der Waals surface area contributed by atoms with Crippen LogP contribution in [0, 0.1) is 6.92 Å². The third-order valence-corrected chi connectivity index (χ3v) is 6.64. The molecule has 1 aliphatic rings. The number of fused-ring (bicyclic) bond motifs is 1. The number of ether oxygens (including phenoxy) is 3. The number of carbonyl (C=O) groups excluding carboxylic acids is 2. The van der Waals surface area contributed by atoms with Gasteiger partial charge in [-0.1, -0.05) is 11.6 Å². The number of nitrogens with zero attached hydrogens (tertiary/aromatic N) is 1. The van der Waals surface area contributed by atoms with Crippen molar-refractivity contribution >= 4 is 28.5 Å². The second-order valence-electron chi connectivity index (χ2n) is 10.1. The fraction of sp³-hybridized carbons (Fsp3) is 0.387. The molecule has 0 spiro atoms. The summed E-state index contributed by atoms with van der Waals surface area (Å²) in [5.74, 6) is 0.130. The summed E-state index contributed by atoms with van der Waals surface area (Å²) in [6, 6.07) is 10.0. The molecule has 1 aromatic heterocycles. The lowest BCUT2D eigenvalue weighted by molar-refractivity contribution is -0.131. The maximum absolute atomic E-state index is 13.1. The Balaban J connectivity index is 1.47. The van der Waals surface area contributed by atoms with E-state index >= 15 is 0 Å². The summed E-state index contributed by atoms with van der Waals surface area (Å²) < 4.78 is 22.3. The first-order valence-electron chi connectivity index (χ1n) is 13.5. The average molecular weight is 549 g/mol. The number of rotatable bonds is 10. The Bertz CT molecular complexity index is 1460. The smallest absolute Gasteiger partial charge is 0.360 e. The molecule has 3 aromatic rings. The first-order chi connectivity index (χ1) is 19.2. The highest BCUT2D eigenvalue weighted by molar-refractivity contribution is 6.05. The molecule has 9 nitrogen and oxygen atoms in total. The van der Waals surface area contributed by atoms with Crippen LogP contribution in [0.2, 0.25) is 0 Å². The van der Waals surface area contributed by atoms with Gasteiger partial charge in [0, 0.05) is 43.1 Å². The minimum Gasteiger partial charge on any atom is -0.493 e. The van der Waals surface area contributed by atoms with Gasteiger partial charge in [-0.15, -0.1) is 0 Å². The molecular formula is C31H36N2O7. The molecule has 2 heterocycles. The molecule has 0 unspecified atom stereocenters. The number of amides is 1. The lowest BCUT2D eigenvalue weighted by Crippen LogP contribution is -2.37. The third kappa shape index (κ3) is 7.58. The predicted octanol–water partition coefficient (Wildman–Crippen LogP) is 4.89. The summed E-state index contributed by atoms with van der Waals surface area (Å²) in [4.78, 5) is 39.7. The SMILES string of the molecule is CC(=O)Oc1ccc(C(=O)Nc2cc3ccc(OCCCN4CCOCC4)c(C)c3oc2=O)cc1CC=C(C)C. The van der Waals surface area contributed by atoms with Gasteiger partial charge in [-0.2, -0.15) is 0 Å². The van der Waals surface area contributed by atoms with Gasteiger partial charge < -0.3 is 23.9 Å². The van der Waals surface area contributed by atoms with Crippen molar-refractivity contribution in [2.45, 2.75) is 40.5 Å². The number of aryl methyl sites for hydroxylation is 1. The molecule has 0 atom stereocenters. The lowest BCUT2D eigenvalue weighted by Gasteiger charge is -2.26.